The fourth-order valence-corrected chi connectivity index (χ4v) is 3.85. The van der Waals surface area contributed by atoms with Crippen LogP contribution in [0.1, 0.15) is 18.4 Å². The zero-order valence-electron chi connectivity index (χ0n) is 22.8. The lowest BCUT2D eigenvalue weighted by Gasteiger charge is -2.11. The normalized spacial score (nSPS) is 10.4. The van der Waals surface area contributed by atoms with Crippen molar-refractivity contribution in [2.24, 2.45) is 0 Å². The zero-order valence-corrected chi connectivity index (χ0v) is 22.8. The van der Waals surface area contributed by atoms with Crippen molar-refractivity contribution in [3.05, 3.63) is 90.5 Å². The number of ether oxygens (including phenoxy) is 2. The number of rotatable bonds is 12. The summed E-state index contributed by atoms with van der Waals surface area (Å²) in [5.74, 6) is 0.992. The van der Waals surface area contributed by atoms with Gasteiger partial charge in [0.05, 0.1) is 26.5 Å². The first kappa shape index (κ1) is 28.8. The lowest BCUT2D eigenvalue weighted by Crippen LogP contribution is -2.36. The predicted octanol–water partition coefficient (Wildman–Crippen LogP) is 3.98. The van der Waals surface area contributed by atoms with Crippen LogP contribution >= 0.6 is 0 Å². The summed E-state index contributed by atoms with van der Waals surface area (Å²) in [4.78, 5) is 46.2. The van der Waals surface area contributed by atoms with E-state index >= 15 is 0 Å². The minimum atomic E-state index is -0.407. The van der Waals surface area contributed by atoms with E-state index in [4.69, 9.17) is 14.5 Å². The van der Waals surface area contributed by atoms with E-state index in [0.717, 1.165) is 16.7 Å². The Labute approximate surface area is 238 Å². The molecule has 10 heteroatoms. The van der Waals surface area contributed by atoms with Crippen molar-refractivity contribution in [3.8, 4) is 34.1 Å². The number of benzene rings is 3. The smallest absolute Gasteiger partial charge is 0.239 e. The molecule has 0 bridgehead atoms. The number of amides is 3. The Morgan fingerprint density at radius 3 is 1.93 bits per heavy atom. The molecular formula is C31H31N5O5. The Balaban J connectivity index is 1.37. The van der Waals surface area contributed by atoms with Crippen LogP contribution in [0.4, 0.5) is 5.82 Å². The van der Waals surface area contributed by atoms with E-state index in [1.165, 1.54) is 0 Å². The Kier molecular flexibility index (Phi) is 9.98. The first-order valence-electron chi connectivity index (χ1n) is 13.0. The summed E-state index contributed by atoms with van der Waals surface area (Å²) in [7, 11) is 3.18. The van der Waals surface area contributed by atoms with E-state index < -0.39 is 11.8 Å². The van der Waals surface area contributed by atoms with Gasteiger partial charge in [0.15, 0.2) is 5.82 Å². The van der Waals surface area contributed by atoms with Gasteiger partial charge in [-0.1, -0.05) is 30.3 Å². The van der Waals surface area contributed by atoms with Crippen molar-refractivity contribution in [3.63, 3.8) is 0 Å². The molecule has 0 unspecified atom stereocenters. The van der Waals surface area contributed by atoms with Crippen LogP contribution < -0.4 is 25.4 Å². The molecule has 41 heavy (non-hydrogen) atoms. The molecule has 3 amide bonds. The van der Waals surface area contributed by atoms with Gasteiger partial charge in [-0.2, -0.15) is 0 Å². The molecule has 1 aromatic heterocycles. The van der Waals surface area contributed by atoms with Crippen LogP contribution in [0.25, 0.3) is 22.6 Å². The molecular weight excluding hydrogens is 522 g/mol. The van der Waals surface area contributed by atoms with Crippen LogP contribution in [-0.4, -0.2) is 48.5 Å². The maximum Gasteiger partial charge on any atom is 0.239 e. The van der Waals surface area contributed by atoms with Crippen LogP contribution in [0.3, 0.4) is 0 Å². The van der Waals surface area contributed by atoms with Crippen molar-refractivity contribution in [2.45, 2.75) is 19.4 Å². The standard InChI is InChI=1S/C31H31N5O5/c1-40-24-12-8-22(9-13-24)26-18-27(36-31(34-26)23-10-14-25(41-2)15-11-23)35-29(38)17-16-28(37)33-20-30(39)32-19-21-6-4-3-5-7-21/h3-15,18H,16-17,19-20H2,1-2H3,(H,32,39)(H,33,37)(H,34,35,36,38). The Morgan fingerprint density at radius 2 is 1.29 bits per heavy atom. The Hall–Kier alpha value is -5.25. The molecule has 0 fully saturated rings. The van der Waals surface area contributed by atoms with E-state index in [2.05, 4.69) is 20.9 Å². The van der Waals surface area contributed by atoms with E-state index in [-0.39, 0.29) is 25.3 Å². The maximum absolute atomic E-state index is 12.7. The molecule has 0 saturated heterocycles. The lowest BCUT2D eigenvalue weighted by molar-refractivity contribution is -0.127. The van der Waals surface area contributed by atoms with Gasteiger partial charge in [0.25, 0.3) is 0 Å². The minimum Gasteiger partial charge on any atom is -0.497 e. The van der Waals surface area contributed by atoms with Crippen LogP contribution in [-0.2, 0) is 20.9 Å². The van der Waals surface area contributed by atoms with Gasteiger partial charge in [0, 0.05) is 36.6 Å². The minimum absolute atomic E-state index is 0.0838. The molecule has 3 aromatic carbocycles. The molecule has 1 heterocycles. The van der Waals surface area contributed by atoms with Crippen molar-refractivity contribution in [1.29, 1.82) is 0 Å². The zero-order chi connectivity index (χ0) is 29.0. The van der Waals surface area contributed by atoms with Crippen LogP contribution in [0, 0.1) is 0 Å². The number of nitrogens with zero attached hydrogens (tertiary/aromatic N) is 2. The van der Waals surface area contributed by atoms with Gasteiger partial charge in [0.1, 0.15) is 17.3 Å². The summed E-state index contributed by atoms with van der Waals surface area (Å²) in [6.07, 6.45) is -0.170. The molecule has 0 aliphatic carbocycles. The predicted molar refractivity (Wildman–Crippen MR) is 155 cm³/mol. The van der Waals surface area contributed by atoms with Crippen molar-refractivity contribution >= 4 is 23.5 Å². The van der Waals surface area contributed by atoms with E-state index in [1.54, 1.807) is 32.4 Å². The van der Waals surface area contributed by atoms with Crippen LogP contribution in [0.15, 0.2) is 84.9 Å². The number of hydrogen-bond acceptors (Lipinski definition) is 7. The second kappa shape index (κ2) is 14.2. The van der Waals surface area contributed by atoms with E-state index in [9.17, 15) is 14.4 Å². The average Bonchev–Trinajstić information content (AvgIpc) is 3.02. The molecule has 10 nitrogen and oxygen atoms in total. The largest absolute Gasteiger partial charge is 0.497 e. The Morgan fingerprint density at radius 1 is 0.683 bits per heavy atom. The van der Waals surface area contributed by atoms with Gasteiger partial charge in [-0.15, -0.1) is 0 Å². The van der Waals surface area contributed by atoms with Gasteiger partial charge in [0.2, 0.25) is 17.7 Å². The summed E-state index contributed by atoms with van der Waals surface area (Å²) in [6.45, 7) is 0.198. The highest BCUT2D eigenvalue weighted by Crippen LogP contribution is 2.27. The first-order chi connectivity index (χ1) is 19.9. The number of hydrogen-bond donors (Lipinski definition) is 3. The molecule has 3 N–H and O–H groups in total. The van der Waals surface area contributed by atoms with Gasteiger partial charge >= 0.3 is 0 Å². The summed E-state index contributed by atoms with van der Waals surface area (Å²) in [5.41, 5.74) is 3.10. The highest BCUT2D eigenvalue weighted by Gasteiger charge is 2.13. The SMILES string of the molecule is COc1ccc(-c2cc(NC(=O)CCC(=O)NCC(=O)NCc3ccccc3)nc(-c3ccc(OC)cc3)n2)cc1. The molecule has 0 atom stereocenters. The quantitative estimate of drug-likeness (QED) is 0.242. The van der Waals surface area contributed by atoms with E-state index in [0.29, 0.717) is 35.4 Å². The number of nitrogens with one attached hydrogen (secondary N) is 3. The summed E-state index contributed by atoms with van der Waals surface area (Å²) < 4.78 is 10.5. The molecule has 0 radical (unpaired) electrons. The average molecular weight is 554 g/mol. The molecule has 210 valence electrons. The number of carbonyl (C=O) groups is 3. The third-order valence-electron chi connectivity index (χ3n) is 6.09. The van der Waals surface area contributed by atoms with Crippen LogP contribution in [0.2, 0.25) is 0 Å². The van der Waals surface area contributed by atoms with Crippen molar-refractivity contribution < 1.29 is 23.9 Å². The first-order valence-corrected chi connectivity index (χ1v) is 13.0. The highest BCUT2D eigenvalue weighted by atomic mass is 16.5. The molecule has 0 aliphatic heterocycles. The lowest BCUT2D eigenvalue weighted by atomic mass is 10.1. The van der Waals surface area contributed by atoms with Gasteiger partial charge in [-0.25, -0.2) is 9.97 Å². The second-order valence-corrected chi connectivity index (χ2v) is 9.01. The summed E-state index contributed by atoms with van der Waals surface area (Å²) in [5, 5.41) is 8.05. The third-order valence-corrected chi connectivity index (χ3v) is 6.09. The van der Waals surface area contributed by atoms with Crippen molar-refractivity contribution in [2.75, 3.05) is 26.1 Å². The van der Waals surface area contributed by atoms with Crippen LogP contribution in [0.5, 0.6) is 11.5 Å². The van der Waals surface area contributed by atoms with Crippen molar-refractivity contribution in [1.82, 2.24) is 20.6 Å². The molecule has 0 spiro atoms. The number of anilines is 1. The molecule has 4 aromatic rings. The highest BCUT2D eigenvalue weighted by molar-refractivity contribution is 5.93. The monoisotopic (exact) mass is 553 g/mol. The van der Waals surface area contributed by atoms with Gasteiger partial charge < -0.3 is 25.4 Å². The molecule has 4 rings (SSSR count). The van der Waals surface area contributed by atoms with E-state index in [1.807, 2.05) is 66.7 Å². The molecule has 0 saturated carbocycles. The third kappa shape index (κ3) is 8.62. The summed E-state index contributed by atoms with van der Waals surface area (Å²) >= 11 is 0. The maximum atomic E-state index is 12.7. The number of methoxy groups -OCH3 is 2. The second-order valence-electron chi connectivity index (χ2n) is 9.01. The number of carbonyl (C=O) groups excluding carboxylic acids is 3. The fourth-order valence-electron chi connectivity index (χ4n) is 3.85. The molecule has 0 aliphatic rings. The topological polar surface area (TPSA) is 132 Å². The number of aromatic nitrogens is 2. The Bertz CT molecular complexity index is 1410. The van der Waals surface area contributed by atoms with Gasteiger partial charge in [-0.3, -0.25) is 14.4 Å². The summed E-state index contributed by atoms with van der Waals surface area (Å²) in [6, 6.07) is 25.8. The fraction of sp³-hybridized carbons (Fsp3) is 0.194. The van der Waals surface area contributed by atoms with Gasteiger partial charge in [-0.05, 0) is 54.1 Å².